The number of esters is 1. The van der Waals surface area contributed by atoms with Crippen LogP contribution in [0.1, 0.15) is 27.2 Å². The number of nitrogens with zero attached hydrogens (tertiary/aromatic N) is 1. The largest absolute Gasteiger partial charge is 0.468 e. The number of halogens is 1. The fraction of sp³-hybridized carbons (Fsp3) is 0.833. The summed E-state index contributed by atoms with van der Waals surface area (Å²) < 4.78 is 9.98. The summed E-state index contributed by atoms with van der Waals surface area (Å²) in [5.41, 5.74) is -0.501. The third-order valence-electron chi connectivity index (χ3n) is 2.60. The van der Waals surface area contributed by atoms with Crippen molar-refractivity contribution < 1.29 is 19.1 Å². The highest BCUT2D eigenvalue weighted by atomic mass is 35.5. The molecule has 1 atom stereocenters. The summed E-state index contributed by atoms with van der Waals surface area (Å²) in [5, 5.41) is 3.06. The Balaban J connectivity index is 0.00000324. The number of rotatable bonds is 1. The van der Waals surface area contributed by atoms with Crippen molar-refractivity contribution in [1.29, 1.82) is 0 Å². The molecule has 6 nitrogen and oxygen atoms in total. The fourth-order valence-corrected chi connectivity index (χ4v) is 1.73. The van der Waals surface area contributed by atoms with Gasteiger partial charge in [-0.15, -0.1) is 12.4 Å². The number of hydrogen-bond donors (Lipinski definition) is 1. The van der Waals surface area contributed by atoms with Crippen LogP contribution >= 0.6 is 12.4 Å². The van der Waals surface area contributed by atoms with Gasteiger partial charge in [-0.3, -0.25) is 4.79 Å². The van der Waals surface area contributed by atoms with E-state index in [1.54, 1.807) is 4.90 Å². The summed E-state index contributed by atoms with van der Waals surface area (Å²) >= 11 is 0. The molecule has 0 aromatic heterocycles. The Kier molecular flexibility index (Phi) is 7.15. The molecule has 1 unspecified atom stereocenters. The van der Waals surface area contributed by atoms with Crippen LogP contribution in [-0.2, 0) is 14.3 Å². The van der Waals surface area contributed by atoms with Gasteiger partial charge >= 0.3 is 12.1 Å². The van der Waals surface area contributed by atoms with E-state index in [2.05, 4.69) is 10.1 Å². The van der Waals surface area contributed by atoms with Crippen LogP contribution in [0.3, 0.4) is 0 Å². The van der Waals surface area contributed by atoms with Crippen LogP contribution in [0.5, 0.6) is 0 Å². The molecule has 1 fully saturated rings. The SMILES string of the molecule is COC(=O)C1CCN(C(=O)OC(C)(C)C)CCN1.Cl. The van der Waals surface area contributed by atoms with Crippen LogP contribution in [-0.4, -0.2) is 55.3 Å². The van der Waals surface area contributed by atoms with E-state index >= 15 is 0 Å². The van der Waals surface area contributed by atoms with Crippen LogP contribution in [0.4, 0.5) is 4.79 Å². The van der Waals surface area contributed by atoms with Gasteiger partial charge in [0.2, 0.25) is 0 Å². The van der Waals surface area contributed by atoms with Crippen LogP contribution < -0.4 is 5.32 Å². The lowest BCUT2D eigenvalue weighted by atomic mass is 10.2. The second-order valence-corrected chi connectivity index (χ2v) is 5.29. The number of amides is 1. The van der Waals surface area contributed by atoms with Gasteiger partial charge in [-0.2, -0.15) is 0 Å². The van der Waals surface area contributed by atoms with Crippen LogP contribution in [0.2, 0.25) is 0 Å². The molecule has 7 heteroatoms. The van der Waals surface area contributed by atoms with Crippen LogP contribution in [0.15, 0.2) is 0 Å². The lowest BCUT2D eigenvalue weighted by Gasteiger charge is -2.26. The molecule has 1 heterocycles. The van der Waals surface area contributed by atoms with Crippen molar-refractivity contribution in [3.63, 3.8) is 0 Å². The highest BCUT2D eigenvalue weighted by Crippen LogP contribution is 2.11. The van der Waals surface area contributed by atoms with Crippen LogP contribution in [0.25, 0.3) is 0 Å². The summed E-state index contributed by atoms with van der Waals surface area (Å²) in [7, 11) is 1.36. The topological polar surface area (TPSA) is 67.9 Å². The molecule has 1 aliphatic heterocycles. The Bertz CT molecular complexity index is 317. The van der Waals surface area contributed by atoms with Crippen molar-refractivity contribution >= 4 is 24.5 Å². The monoisotopic (exact) mass is 294 g/mol. The smallest absolute Gasteiger partial charge is 0.410 e. The van der Waals surface area contributed by atoms with Gasteiger partial charge in [-0.1, -0.05) is 0 Å². The van der Waals surface area contributed by atoms with Gasteiger partial charge in [0.25, 0.3) is 0 Å². The van der Waals surface area contributed by atoms with E-state index in [9.17, 15) is 9.59 Å². The summed E-state index contributed by atoms with van der Waals surface area (Å²) in [6.07, 6.45) is 0.196. The molecule has 0 radical (unpaired) electrons. The minimum Gasteiger partial charge on any atom is -0.468 e. The van der Waals surface area contributed by atoms with Gasteiger partial charge < -0.3 is 19.7 Å². The molecule has 0 saturated carbocycles. The predicted molar refractivity (Wildman–Crippen MR) is 73.5 cm³/mol. The van der Waals surface area contributed by atoms with Gasteiger partial charge in [0.1, 0.15) is 11.6 Å². The molecule has 0 aliphatic carbocycles. The van der Waals surface area contributed by atoms with E-state index in [4.69, 9.17) is 4.74 Å². The Morgan fingerprint density at radius 3 is 2.42 bits per heavy atom. The third-order valence-corrected chi connectivity index (χ3v) is 2.60. The zero-order chi connectivity index (χ0) is 13.8. The second kappa shape index (κ2) is 7.55. The minimum absolute atomic E-state index is 0. The zero-order valence-electron chi connectivity index (χ0n) is 11.9. The molecule has 112 valence electrons. The number of carbonyl (C=O) groups excluding carboxylic acids is 2. The second-order valence-electron chi connectivity index (χ2n) is 5.29. The van der Waals surface area contributed by atoms with Crippen LogP contribution in [0, 0.1) is 0 Å². The van der Waals surface area contributed by atoms with Crippen molar-refractivity contribution in [2.45, 2.75) is 38.8 Å². The average molecular weight is 295 g/mol. The van der Waals surface area contributed by atoms with Crippen molar-refractivity contribution in [2.75, 3.05) is 26.7 Å². The molecule has 1 saturated heterocycles. The van der Waals surface area contributed by atoms with Gasteiger partial charge in [0.05, 0.1) is 7.11 Å². The maximum Gasteiger partial charge on any atom is 0.410 e. The zero-order valence-corrected chi connectivity index (χ0v) is 12.7. The highest BCUT2D eigenvalue weighted by Gasteiger charge is 2.27. The van der Waals surface area contributed by atoms with Gasteiger partial charge in [0.15, 0.2) is 0 Å². The fourth-order valence-electron chi connectivity index (χ4n) is 1.73. The van der Waals surface area contributed by atoms with E-state index in [0.29, 0.717) is 26.1 Å². The first-order valence-electron chi connectivity index (χ1n) is 6.12. The van der Waals surface area contributed by atoms with E-state index in [-0.39, 0.29) is 30.5 Å². The first-order chi connectivity index (χ1) is 8.33. The molecule has 1 N–H and O–H groups in total. The summed E-state index contributed by atoms with van der Waals surface area (Å²) in [6.45, 7) is 7.07. The molecule has 0 spiro atoms. The molecular formula is C12H23ClN2O4. The number of nitrogens with one attached hydrogen (secondary N) is 1. The standard InChI is InChI=1S/C12H22N2O4.ClH/c1-12(2,3)18-11(16)14-7-5-9(10(15)17-4)13-6-8-14;/h9,13H,5-8H2,1-4H3;1H. The highest BCUT2D eigenvalue weighted by molar-refractivity contribution is 5.85. The van der Waals surface area contributed by atoms with Crippen molar-refractivity contribution in [3.05, 3.63) is 0 Å². The minimum atomic E-state index is -0.501. The Morgan fingerprint density at radius 1 is 1.26 bits per heavy atom. The van der Waals surface area contributed by atoms with Gasteiger partial charge in [-0.25, -0.2) is 4.79 Å². The Hall–Kier alpha value is -1.01. The van der Waals surface area contributed by atoms with Gasteiger partial charge in [0, 0.05) is 19.6 Å². The van der Waals surface area contributed by atoms with E-state index < -0.39 is 5.60 Å². The average Bonchev–Trinajstić information content (AvgIpc) is 2.51. The normalized spacial score (nSPS) is 20.0. The molecule has 1 amide bonds. The van der Waals surface area contributed by atoms with Gasteiger partial charge in [-0.05, 0) is 27.2 Å². The summed E-state index contributed by atoms with van der Waals surface area (Å²) in [5.74, 6) is -0.291. The number of hydrogen-bond acceptors (Lipinski definition) is 5. The van der Waals surface area contributed by atoms with E-state index in [1.807, 2.05) is 20.8 Å². The molecule has 1 aliphatic rings. The Morgan fingerprint density at radius 2 is 1.89 bits per heavy atom. The molecule has 0 bridgehead atoms. The third kappa shape index (κ3) is 6.11. The number of ether oxygens (including phenoxy) is 2. The first kappa shape index (κ1) is 18.0. The van der Waals surface area contributed by atoms with E-state index in [1.165, 1.54) is 7.11 Å². The van der Waals surface area contributed by atoms with Crippen molar-refractivity contribution in [1.82, 2.24) is 10.2 Å². The Labute approximate surface area is 120 Å². The molecule has 1 rings (SSSR count). The lowest BCUT2D eigenvalue weighted by molar-refractivity contribution is -0.143. The molecule has 0 aromatic carbocycles. The molecule has 19 heavy (non-hydrogen) atoms. The summed E-state index contributed by atoms with van der Waals surface area (Å²) in [6, 6.07) is -0.345. The predicted octanol–water partition coefficient (Wildman–Crippen LogP) is 1.18. The maximum atomic E-state index is 11.9. The summed E-state index contributed by atoms with van der Waals surface area (Å²) in [4.78, 5) is 24.9. The van der Waals surface area contributed by atoms with Crippen molar-refractivity contribution in [3.8, 4) is 0 Å². The maximum absolute atomic E-state index is 11.9. The number of carbonyl (C=O) groups is 2. The number of methoxy groups -OCH3 is 1. The van der Waals surface area contributed by atoms with E-state index in [0.717, 1.165) is 0 Å². The lowest BCUT2D eigenvalue weighted by Crippen LogP contribution is -2.38. The van der Waals surface area contributed by atoms with Crippen molar-refractivity contribution in [2.24, 2.45) is 0 Å². The first-order valence-corrected chi connectivity index (χ1v) is 6.12. The molecular weight excluding hydrogens is 272 g/mol. The quantitative estimate of drug-likeness (QED) is 0.736. The molecule has 0 aromatic rings.